The smallest absolute Gasteiger partial charge is 0.261 e. The van der Waals surface area contributed by atoms with E-state index >= 15 is 0 Å². The van der Waals surface area contributed by atoms with Gasteiger partial charge in [0.1, 0.15) is 18.0 Å². The SMILES string of the molecule is CCOc1cc(N2CCOCC2)c(OCC)cc1NC(=O)Cn1cnc2ccccc2c1=O. The van der Waals surface area contributed by atoms with Gasteiger partial charge < -0.3 is 24.4 Å². The van der Waals surface area contributed by atoms with Gasteiger partial charge in [-0.25, -0.2) is 4.98 Å². The first-order valence-corrected chi connectivity index (χ1v) is 11.1. The molecule has 2 aromatic carbocycles. The van der Waals surface area contributed by atoms with Crippen LogP contribution in [0.25, 0.3) is 10.9 Å². The number of anilines is 2. The van der Waals surface area contributed by atoms with Gasteiger partial charge in [0.25, 0.3) is 5.56 Å². The van der Waals surface area contributed by atoms with Crippen LogP contribution in [0.2, 0.25) is 0 Å². The molecule has 0 radical (unpaired) electrons. The van der Waals surface area contributed by atoms with E-state index in [1.807, 2.05) is 26.0 Å². The van der Waals surface area contributed by atoms with E-state index in [4.69, 9.17) is 14.2 Å². The molecule has 0 atom stereocenters. The molecule has 0 spiro atoms. The van der Waals surface area contributed by atoms with E-state index in [2.05, 4.69) is 15.2 Å². The standard InChI is InChI=1S/C24H28N4O5/c1-3-32-21-14-20(27-9-11-31-12-10-27)22(33-4-2)13-19(21)26-23(29)15-28-16-25-18-8-6-5-7-17(18)24(28)30/h5-8,13-14,16H,3-4,9-12,15H2,1-2H3,(H,26,29). The Morgan fingerprint density at radius 2 is 1.82 bits per heavy atom. The largest absolute Gasteiger partial charge is 0.492 e. The molecule has 0 saturated carbocycles. The average Bonchev–Trinajstić information content (AvgIpc) is 2.83. The highest BCUT2D eigenvalue weighted by Crippen LogP contribution is 2.39. The van der Waals surface area contributed by atoms with Crippen LogP contribution < -0.4 is 25.2 Å². The number of aromatic nitrogens is 2. The van der Waals surface area contributed by atoms with Gasteiger partial charge in [0.15, 0.2) is 0 Å². The number of ether oxygens (including phenoxy) is 3. The van der Waals surface area contributed by atoms with Crippen molar-refractivity contribution < 1.29 is 19.0 Å². The molecule has 33 heavy (non-hydrogen) atoms. The number of benzene rings is 2. The molecule has 174 valence electrons. The van der Waals surface area contributed by atoms with Crippen molar-refractivity contribution >= 4 is 28.2 Å². The molecule has 4 rings (SSSR count). The lowest BCUT2D eigenvalue weighted by atomic mass is 10.2. The number of para-hydroxylation sites is 1. The van der Waals surface area contributed by atoms with E-state index in [0.29, 0.717) is 54.5 Å². The maximum absolute atomic E-state index is 12.9. The van der Waals surface area contributed by atoms with Gasteiger partial charge in [-0.1, -0.05) is 12.1 Å². The van der Waals surface area contributed by atoms with Crippen molar-refractivity contribution in [1.82, 2.24) is 9.55 Å². The lowest BCUT2D eigenvalue weighted by Crippen LogP contribution is -2.36. The fourth-order valence-corrected chi connectivity index (χ4v) is 3.81. The zero-order valence-electron chi connectivity index (χ0n) is 18.9. The van der Waals surface area contributed by atoms with Crippen molar-refractivity contribution in [2.75, 3.05) is 49.7 Å². The molecular formula is C24H28N4O5. The van der Waals surface area contributed by atoms with Gasteiger partial charge in [-0.15, -0.1) is 0 Å². The number of nitrogens with zero attached hydrogens (tertiary/aromatic N) is 3. The van der Waals surface area contributed by atoms with Gasteiger partial charge in [-0.3, -0.25) is 14.2 Å². The Bertz CT molecular complexity index is 1190. The number of nitrogens with one attached hydrogen (secondary N) is 1. The molecule has 1 amide bonds. The molecule has 1 aromatic heterocycles. The van der Waals surface area contributed by atoms with Crippen molar-refractivity contribution in [3.05, 3.63) is 53.1 Å². The molecule has 3 aromatic rings. The fraction of sp³-hybridized carbons (Fsp3) is 0.375. The number of rotatable bonds is 8. The lowest BCUT2D eigenvalue weighted by Gasteiger charge is -2.31. The van der Waals surface area contributed by atoms with Gasteiger partial charge >= 0.3 is 0 Å². The minimum Gasteiger partial charge on any atom is -0.492 e. The summed E-state index contributed by atoms with van der Waals surface area (Å²) in [4.78, 5) is 32.0. The summed E-state index contributed by atoms with van der Waals surface area (Å²) in [7, 11) is 0. The van der Waals surface area contributed by atoms with Crippen LogP contribution in [0.3, 0.4) is 0 Å². The molecule has 2 heterocycles. The van der Waals surface area contributed by atoms with Gasteiger partial charge in [0.2, 0.25) is 5.91 Å². The highest BCUT2D eigenvalue weighted by atomic mass is 16.5. The average molecular weight is 453 g/mol. The highest BCUT2D eigenvalue weighted by molar-refractivity contribution is 5.93. The Morgan fingerprint density at radius 1 is 1.09 bits per heavy atom. The second-order valence-electron chi connectivity index (χ2n) is 7.52. The zero-order chi connectivity index (χ0) is 23.2. The number of morpholine rings is 1. The minimum atomic E-state index is -0.364. The van der Waals surface area contributed by atoms with Crippen molar-refractivity contribution in [3.8, 4) is 11.5 Å². The highest BCUT2D eigenvalue weighted by Gasteiger charge is 2.20. The van der Waals surface area contributed by atoms with Crippen LogP contribution in [0.1, 0.15) is 13.8 Å². The Kier molecular flexibility index (Phi) is 7.09. The van der Waals surface area contributed by atoms with E-state index in [1.54, 1.807) is 24.3 Å². The molecule has 0 aliphatic carbocycles. The summed E-state index contributed by atoms with van der Waals surface area (Å²) in [5.41, 5.74) is 1.72. The summed E-state index contributed by atoms with van der Waals surface area (Å²) in [5, 5.41) is 3.34. The van der Waals surface area contributed by atoms with Crippen LogP contribution in [-0.4, -0.2) is 55.0 Å². The third-order valence-electron chi connectivity index (χ3n) is 5.33. The number of amides is 1. The Morgan fingerprint density at radius 3 is 2.58 bits per heavy atom. The second-order valence-corrected chi connectivity index (χ2v) is 7.52. The molecule has 1 aliphatic rings. The van der Waals surface area contributed by atoms with Gasteiger partial charge in [-0.05, 0) is 26.0 Å². The third kappa shape index (κ3) is 5.09. The van der Waals surface area contributed by atoms with E-state index in [9.17, 15) is 9.59 Å². The first kappa shape index (κ1) is 22.6. The monoisotopic (exact) mass is 452 g/mol. The summed E-state index contributed by atoms with van der Waals surface area (Å²) in [6.45, 7) is 7.32. The van der Waals surface area contributed by atoms with Crippen molar-refractivity contribution in [2.45, 2.75) is 20.4 Å². The Balaban J connectivity index is 1.60. The van der Waals surface area contributed by atoms with Gasteiger partial charge in [0, 0.05) is 25.2 Å². The van der Waals surface area contributed by atoms with Gasteiger partial charge in [0.05, 0.1) is 55.0 Å². The summed E-state index contributed by atoms with van der Waals surface area (Å²) >= 11 is 0. The number of hydrogen-bond acceptors (Lipinski definition) is 7. The molecular weight excluding hydrogens is 424 g/mol. The number of carbonyl (C=O) groups is 1. The normalized spacial score (nSPS) is 13.7. The van der Waals surface area contributed by atoms with E-state index in [0.717, 1.165) is 18.8 Å². The number of hydrogen-bond donors (Lipinski definition) is 1. The molecule has 9 nitrogen and oxygen atoms in total. The number of carbonyl (C=O) groups excluding carboxylic acids is 1. The number of fused-ring (bicyclic) bond motifs is 1. The maximum atomic E-state index is 12.9. The van der Waals surface area contributed by atoms with Crippen molar-refractivity contribution in [1.29, 1.82) is 0 Å². The predicted molar refractivity (Wildman–Crippen MR) is 126 cm³/mol. The van der Waals surface area contributed by atoms with E-state index in [-0.39, 0.29) is 18.0 Å². The molecule has 1 N–H and O–H groups in total. The van der Waals surface area contributed by atoms with Crippen LogP contribution in [-0.2, 0) is 16.1 Å². The molecule has 1 aliphatic heterocycles. The molecule has 1 fully saturated rings. The summed E-state index contributed by atoms with van der Waals surface area (Å²) in [6.07, 6.45) is 1.39. The zero-order valence-corrected chi connectivity index (χ0v) is 18.9. The third-order valence-corrected chi connectivity index (χ3v) is 5.33. The Labute approximate surface area is 191 Å². The molecule has 0 unspecified atom stereocenters. The summed E-state index contributed by atoms with van der Waals surface area (Å²) in [5.74, 6) is 0.833. The minimum absolute atomic E-state index is 0.169. The van der Waals surface area contributed by atoms with Crippen molar-refractivity contribution in [3.63, 3.8) is 0 Å². The van der Waals surface area contributed by atoms with Crippen LogP contribution in [0.15, 0.2) is 47.5 Å². The molecule has 9 heteroatoms. The first-order valence-electron chi connectivity index (χ1n) is 11.1. The van der Waals surface area contributed by atoms with E-state index < -0.39 is 0 Å². The summed E-state index contributed by atoms with van der Waals surface area (Å²) in [6, 6.07) is 10.7. The lowest BCUT2D eigenvalue weighted by molar-refractivity contribution is -0.116. The van der Waals surface area contributed by atoms with Gasteiger partial charge in [-0.2, -0.15) is 0 Å². The van der Waals surface area contributed by atoms with Crippen LogP contribution in [0.5, 0.6) is 11.5 Å². The quantitative estimate of drug-likeness (QED) is 0.561. The topological polar surface area (TPSA) is 94.9 Å². The van der Waals surface area contributed by atoms with Crippen LogP contribution in [0.4, 0.5) is 11.4 Å². The Hall–Kier alpha value is -3.59. The molecule has 0 bridgehead atoms. The summed E-state index contributed by atoms with van der Waals surface area (Å²) < 4.78 is 18.5. The fourth-order valence-electron chi connectivity index (χ4n) is 3.81. The second kappa shape index (κ2) is 10.4. The van der Waals surface area contributed by atoms with Crippen LogP contribution in [0, 0.1) is 0 Å². The maximum Gasteiger partial charge on any atom is 0.261 e. The molecule has 1 saturated heterocycles. The van der Waals surface area contributed by atoms with E-state index in [1.165, 1.54) is 10.9 Å². The first-order chi connectivity index (χ1) is 16.1. The van der Waals surface area contributed by atoms with Crippen molar-refractivity contribution in [2.24, 2.45) is 0 Å². The predicted octanol–water partition coefficient (Wildman–Crippen LogP) is 2.67. The van der Waals surface area contributed by atoms with Crippen LogP contribution >= 0.6 is 0 Å².